The lowest BCUT2D eigenvalue weighted by Crippen LogP contribution is -2.52. The monoisotopic (exact) mass is 383 g/mol. The van der Waals surface area contributed by atoms with Crippen molar-refractivity contribution in [3.8, 4) is 0 Å². The number of benzene rings is 1. The minimum Gasteiger partial charge on any atom is -0.369 e. The molecular weight excluding hydrogens is 357 g/mol. The zero-order valence-electron chi connectivity index (χ0n) is 14.8. The maximum atomic E-state index is 12.1. The zero-order chi connectivity index (χ0) is 18.0. The molecule has 25 heavy (non-hydrogen) atoms. The third kappa shape index (κ3) is 4.68. The van der Waals surface area contributed by atoms with Gasteiger partial charge in [0, 0.05) is 12.6 Å². The van der Waals surface area contributed by atoms with Crippen LogP contribution in [-0.4, -0.2) is 55.0 Å². The van der Waals surface area contributed by atoms with Gasteiger partial charge in [0.1, 0.15) is 0 Å². The van der Waals surface area contributed by atoms with Gasteiger partial charge < -0.3 is 10.6 Å². The third-order valence-corrected chi connectivity index (χ3v) is 6.58. The van der Waals surface area contributed by atoms with Crippen LogP contribution >= 0.6 is 23.2 Å². The van der Waals surface area contributed by atoms with Gasteiger partial charge in [-0.3, -0.25) is 9.69 Å². The summed E-state index contributed by atoms with van der Waals surface area (Å²) in [6, 6.07) is 6.32. The first kappa shape index (κ1) is 19.0. The van der Waals surface area contributed by atoms with Crippen molar-refractivity contribution in [2.75, 3.05) is 33.2 Å². The molecule has 0 spiro atoms. The molecule has 2 saturated heterocycles. The van der Waals surface area contributed by atoms with Crippen LogP contribution in [0.15, 0.2) is 18.2 Å². The molecule has 0 saturated carbocycles. The number of carbonyl (C=O) groups excluding carboxylic acids is 1. The smallest absolute Gasteiger partial charge is 0.222 e. The Labute approximate surface area is 160 Å². The lowest BCUT2D eigenvalue weighted by molar-refractivity contribution is -0.126. The van der Waals surface area contributed by atoms with Gasteiger partial charge >= 0.3 is 0 Å². The lowest BCUT2D eigenvalue weighted by atomic mass is 9.80. The van der Waals surface area contributed by atoms with Gasteiger partial charge in [-0.15, -0.1) is 0 Å². The summed E-state index contributed by atoms with van der Waals surface area (Å²) >= 11 is 12.1. The van der Waals surface area contributed by atoms with E-state index >= 15 is 0 Å². The SMILES string of the molecule is CN1CCC(N2CCC(Cc3ccc(Cl)c(Cl)c3)[C@H](C(N)=O)C2)CC1. The van der Waals surface area contributed by atoms with Crippen molar-refractivity contribution < 1.29 is 4.79 Å². The van der Waals surface area contributed by atoms with Crippen molar-refractivity contribution in [2.24, 2.45) is 17.6 Å². The van der Waals surface area contributed by atoms with Gasteiger partial charge in [0.15, 0.2) is 0 Å². The number of hydrogen-bond donors (Lipinski definition) is 1. The Morgan fingerprint density at radius 2 is 1.88 bits per heavy atom. The van der Waals surface area contributed by atoms with Gasteiger partial charge in [-0.05, 0) is 76.0 Å². The quantitative estimate of drug-likeness (QED) is 0.868. The van der Waals surface area contributed by atoms with Crippen LogP contribution in [0.3, 0.4) is 0 Å². The van der Waals surface area contributed by atoms with Crippen molar-refractivity contribution in [3.05, 3.63) is 33.8 Å². The van der Waals surface area contributed by atoms with E-state index in [1.165, 1.54) is 12.8 Å². The highest BCUT2D eigenvalue weighted by atomic mass is 35.5. The molecule has 0 radical (unpaired) electrons. The highest BCUT2D eigenvalue weighted by Crippen LogP contribution is 2.31. The summed E-state index contributed by atoms with van der Waals surface area (Å²) in [6.45, 7) is 4.10. The number of primary amides is 1. The maximum Gasteiger partial charge on any atom is 0.222 e. The highest BCUT2D eigenvalue weighted by molar-refractivity contribution is 6.42. The molecule has 0 aliphatic carbocycles. The summed E-state index contributed by atoms with van der Waals surface area (Å²) < 4.78 is 0. The fraction of sp³-hybridized carbons (Fsp3) is 0.632. The van der Waals surface area contributed by atoms with E-state index in [-0.39, 0.29) is 17.7 Å². The van der Waals surface area contributed by atoms with Crippen molar-refractivity contribution >= 4 is 29.1 Å². The topological polar surface area (TPSA) is 49.6 Å². The molecule has 1 unspecified atom stereocenters. The number of piperidine rings is 2. The molecule has 138 valence electrons. The number of rotatable bonds is 4. The van der Waals surface area contributed by atoms with E-state index in [4.69, 9.17) is 28.9 Å². The Hall–Kier alpha value is -0.810. The Morgan fingerprint density at radius 3 is 2.52 bits per heavy atom. The summed E-state index contributed by atoms with van der Waals surface area (Å²) in [7, 11) is 2.17. The van der Waals surface area contributed by atoms with Crippen molar-refractivity contribution in [1.82, 2.24) is 9.80 Å². The second-order valence-corrected chi connectivity index (χ2v) is 8.35. The van der Waals surface area contributed by atoms with Crippen LogP contribution in [0.2, 0.25) is 10.0 Å². The molecule has 2 aliphatic rings. The van der Waals surface area contributed by atoms with Gasteiger partial charge in [-0.2, -0.15) is 0 Å². The number of hydrogen-bond acceptors (Lipinski definition) is 3. The number of likely N-dealkylation sites (tertiary alicyclic amines) is 2. The summed E-state index contributed by atoms with van der Waals surface area (Å²) in [4.78, 5) is 17.0. The number of halogens is 2. The summed E-state index contributed by atoms with van der Waals surface area (Å²) in [5.41, 5.74) is 6.88. The second-order valence-electron chi connectivity index (χ2n) is 7.54. The van der Waals surface area contributed by atoms with E-state index in [2.05, 4.69) is 16.8 Å². The van der Waals surface area contributed by atoms with E-state index < -0.39 is 0 Å². The highest BCUT2D eigenvalue weighted by Gasteiger charge is 2.36. The zero-order valence-corrected chi connectivity index (χ0v) is 16.3. The van der Waals surface area contributed by atoms with E-state index in [1.54, 1.807) is 0 Å². The molecule has 0 bridgehead atoms. The number of nitrogens with zero attached hydrogens (tertiary/aromatic N) is 2. The maximum absolute atomic E-state index is 12.1. The average Bonchev–Trinajstić information content (AvgIpc) is 2.59. The average molecular weight is 384 g/mol. The van der Waals surface area contributed by atoms with Gasteiger partial charge in [-0.1, -0.05) is 29.3 Å². The summed E-state index contributed by atoms with van der Waals surface area (Å²) in [5.74, 6) is 0.00260. The van der Waals surface area contributed by atoms with Crippen molar-refractivity contribution in [1.29, 1.82) is 0 Å². The first-order chi connectivity index (χ1) is 11.9. The van der Waals surface area contributed by atoms with Crippen LogP contribution < -0.4 is 5.73 Å². The summed E-state index contributed by atoms with van der Waals surface area (Å²) in [6.07, 6.45) is 4.19. The Bertz CT molecular complexity index is 617. The van der Waals surface area contributed by atoms with E-state index in [0.717, 1.165) is 44.6 Å². The molecule has 3 rings (SSSR count). The van der Waals surface area contributed by atoms with Crippen LogP contribution in [0.25, 0.3) is 0 Å². The molecule has 4 nitrogen and oxygen atoms in total. The minimum atomic E-state index is -0.178. The molecular formula is C19H27Cl2N3O. The molecule has 2 heterocycles. The minimum absolute atomic E-state index is 0.0946. The first-order valence-electron chi connectivity index (χ1n) is 9.10. The molecule has 1 amide bonds. The van der Waals surface area contributed by atoms with E-state index in [0.29, 0.717) is 16.1 Å². The summed E-state index contributed by atoms with van der Waals surface area (Å²) in [5, 5.41) is 1.13. The van der Waals surface area contributed by atoms with Crippen LogP contribution in [-0.2, 0) is 11.2 Å². The Morgan fingerprint density at radius 1 is 1.16 bits per heavy atom. The molecule has 2 N–H and O–H groups in total. The Kier molecular flexibility index (Phi) is 6.26. The predicted octanol–water partition coefficient (Wildman–Crippen LogP) is 3.05. The van der Waals surface area contributed by atoms with Gasteiger partial charge in [0.25, 0.3) is 0 Å². The molecule has 0 aromatic heterocycles. The van der Waals surface area contributed by atoms with Gasteiger partial charge in [0.2, 0.25) is 5.91 Å². The molecule has 6 heteroatoms. The van der Waals surface area contributed by atoms with Crippen LogP contribution in [0, 0.1) is 11.8 Å². The fourth-order valence-corrected chi connectivity index (χ4v) is 4.57. The fourth-order valence-electron chi connectivity index (χ4n) is 4.25. The molecule has 2 fully saturated rings. The normalized spacial score (nSPS) is 26.7. The predicted molar refractivity (Wildman–Crippen MR) is 103 cm³/mol. The molecule has 2 aliphatic heterocycles. The van der Waals surface area contributed by atoms with Gasteiger partial charge in [0.05, 0.1) is 16.0 Å². The largest absolute Gasteiger partial charge is 0.369 e. The number of amides is 1. The van der Waals surface area contributed by atoms with E-state index in [9.17, 15) is 4.79 Å². The van der Waals surface area contributed by atoms with Crippen LogP contribution in [0.1, 0.15) is 24.8 Å². The first-order valence-corrected chi connectivity index (χ1v) is 9.85. The molecule has 1 aromatic rings. The lowest BCUT2D eigenvalue weighted by Gasteiger charge is -2.43. The van der Waals surface area contributed by atoms with Crippen molar-refractivity contribution in [2.45, 2.75) is 31.7 Å². The number of carbonyl (C=O) groups is 1. The van der Waals surface area contributed by atoms with Crippen LogP contribution in [0.5, 0.6) is 0 Å². The van der Waals surface area contributed by atoms with E-state index in [1.807, 2.05) is 18.2 Å². The molecule has 1 aromatic carbocycles. The second kappa shape index (κ2) is 8.26. The van der Waals surface area contributed by atoms with Gasteiger partial charge in [-0.25, -0.2) is 0 Å². The number of nitrogens with two attached hydrogens (primary N) is 1. The van der Waals surface area contributed by atoms with Crippen molar-refractivity contribution in [3.63, 3.8) is 0 Å². The molecule has 2 atom stereocenters. The standard InChI is InChI=1S/C19H27Cl2N3O/c1-23-7-5-15(6-8-23)24-9-4-14(16(12-24)19(22)25)10-13-2-3-17(20)18(21)11-13/h2-3,11,14-16H,4-10,12H2,1H3,(H2,22,25)/t14?,16-/m1/s1. The Balaban J connectivity index is 1.65. The van der Waals surface area contributed by atoms with Crippen LogP contribution in [0.4, 0.5) is 0 Å². The third-order valence-electron chi connectivity index (χ3n) is 5.84.